The molecular formula is C15H11F3N6O3S3. The van der Waals surface area contributed by atoms with E-state index >= 15 is 0 Å². The summed E-state index contributed by atoms with van der Waals surface area (Å²) in [4.78, 5) is 24.5. The van der Waals surface area contributed by atoms with Crippen molar-refractivity contribution in [3.8, 4) is 5.75 Å². The molecule has 3 aromatic rings. The molecule has 0 aliphatic carbocycles. The molecule has 2 aromatic heterocycles. The minimum absolute atomic E-state index is 0.0126. The first-order valence-corrected chi connectivity index (χ1v) is 10.5. The van der Waals surface area contributed by atoms with E-state index < -0.39 is 18.2 Å². The molecule has 158 valence electrons. The van der Waals surface area contributed by atoms with Gasteiger partial charge in [-0.1, -0.05) is 27.6 Å². The third kappa shape index (κ3) is 6.36. The fourth-order valence-corrected chi connectivity index (χ4v) is 4.08. The average molecular weight is 476 g/mol. The smallest absolute Gasteiger partial charge is 0.406 e. The van der Waals surface area contributed by atoms with Gasteiger partial charge in [0.05, 0.1) is 11.4 Å². The summed E-state index contributed by atoms with van der Waals surface area (Å²) in [5.41, 5.74) is 0.820. The van der Waals surface area contributed by atoms with Crippen LogP contribution in [0.5, 0.6) is 5.75 Å². The third-order valence-corrected chi connectivity index (χ3v) is 5.98. The lowest BCUT2D eigenvalue weighted by Crippen LogP contribution is -2.17. The second-order valence-electron chi connectivity index (χ2n) is 5.42. The van der Waals surface area contributed by atoms with Crippen molar-refractivity contribution in [2.24, 2.45) is 0 Å². The molecule has 0 saturated heterocycles. The number of benzene rings is 1. The highest BCUT2D eigenvalue weighted by molar-refractivity contribution is 8.01. The van der Waals surface area contributed by atoms with Gasteiger partial charge in [-0.05, 0) is 42.7 Å². The highest BCUT2D eigenvalue weighted by Gasteiger charge is 2.31. The normalized spacial score (nSPS) is 11.2. The number of amides is 2. The number of carbonyl (C=O) groups is 2. The number of nitrogens with zero attached hydrogens (tertiary/aromatic N) is 4. The van der Waals surface area contributed by atoms with Crippen molar-refractivity contribution in [2.45, 2.75) is 17.6 Å². The molecule has 15 heteroatoms. The topological polar surface area (TPSA) is 119 Å². The Hall–Kier alpha value is -2.78. The number of thioether (sulfide) groups is 1. The molecule has 30 heavy (non-hydrogen) atoms. The van der Waals surface area contributed by atoms with Gasteiger partial charge in [-0.3, -0.25) is 14.9 Å². The number of anilines is 2. The number of alkyl halides is 3. The summed E-state index contributed by atoms with van der Waals surface area (Å²) in [6.07, 6.45) is -4.78. The Morgan fingerprint density at radius 2 is 1.87 bits per heavy atom. The summed E-state index contributed by atoms with van der Waals surface area (Å²) < 4.78 is 44.3. The van der Waals surface area contributed by atoms with Crippen LogP contribution in [0.25, 0.3) is 0 Å². The molecule has 0 aliphatic rings. The quantitative estimate of drug-likeness (QED) is 0.392. The largest absolute Gasteiger partial charge is 0.573 e. The molecule has 3 rings (SSSR count). The van der Waals surface area contributed by atoms with E-state index in [1.165, 1.54) is 12.1 Å². The molecule has 0 atom stereocenters. The van der Waals surface area contributed by atoms with E-state index in [1.807, 2.05) is 0 Å². The number of hydrogen-bond donors (Lipinski definition) is 2. The van der Waals surface area contributed by atoms with Crippen LogP contribution in [0.15, 0.2) is 28.6 Å². The van der Waals surface area contributed by atoms with Crippen molar-refractivity contribution in [1.29, 1.82) is 0 Å². The Morgan fingerprint density at radius 1 is 1.13 bits per heavy atom. The van der Waals surface area contributed by atoms with Crippen LogP contribution in [-0.4, -0.2) is 43.7 Å². The first kappa shape index (κ1) is 21.9. The summed E-state index contributed by atoms with van der Waals surface area (Å²) in [6.45, 7) is 1.66. The predicted octanol–water partition coefficient (Wildman–Crippen LogP) is 3.58. The number of hydrogen-bond acceptors (Lipinski definition) is 10. The van der Waals surface area contributed by atoms with Gasteiger partial charge >= 0.3 is 6.36 Å². The Bertz CT molecular complexity index is 1040. The molecule has 2 heterocycles. The zero-order chi connectivity index (χ0) is 21.7. The minimum atomic E-state index is -4.78. The lowest BCUT2D eigenvalue weighted by Gasteiger charge is -2.09. The highest BCUT2D eigenvalue weighted by atomic mass is 32.2. The SMILES string of the molecule is Cc1nnsc1C(=O)Nc1nnc(SCC(=O)Nc2ccc(OC(F)(F)F)cc2)s1. The fraction of sp³-hybridized carbons (Fsp3) is 0.200. The molecule has 0 aliphatic heterocycles. The lowest BCUT2D eigenvalue weighted by molar-refractivity contribution is -0.274. The van der Waals surface area contributed by atoms with Crippen LogP contribution < -0.4 is 15.4 Å². The van der Waals surface area contributed by atoms with Crippen LogP contribution in [0, 0.1) is 6.92 Å². The molecule has 0 saturated carbocycles. The number of halogens is 3. The monoisotopic (exact) mass is 476 g/mol. The van der Waals surface area contributed by atoms with Crippen LogP contribution in [0.1, 0.15) is 15.4 Å². The number of nitrogens with one attached hydrogen (secondary N) is 2. The van der Waals surface area contributed by atoms with Crippen molar-refractivity contribution in [1.82, 2.24) is 19.8 Å². The van der Waals surface area contributed by atoms with Crippen molar-refractivity contribution in [3.63, 3.8) is 0 Å². The number of carbonyl (C=O) groups excluding carboxylic acids is 2. The Balaban J connectivity index is 1.47. The molecule has 2 N–H and O–H groups in total. The third-order valence-electron chi connectivity index (χ3n) is 3.18. The van der Waals surface area contributed by atoms with Gasteiger partial charge < -0.3 is 10.1 Å². The molecule has 0 radical (unpaired) electrons. The van der Waals surface area contributed by atoms with Crippen molar-refractivity contribution in [2.75, 3.05) is 16.4 Å². The zero-order valence-corrected chi connectivity index (χ0v) is 17.3. The number of rotatable bonds is 7. The Morgan fingerprint density at radius 3 is 2.50 bits per heavy atom. The van der Waals surface area contributed by atoms with Gasteiger partial charge in [-0.15, -0.1) is 28.5 Å². The maximum Gasteiger partial charge on any atom is 0.573 e. The van der Waals surface area contributed by atoms with E-state index in [0.717, 1.165) is 46.8 Å². The molecule has 0 bridgehead atoms. The maximum absolute atomic E-state index is 12.1. The van der Waals surface area contributed by atoms with Crippen molar-refractivity contribution < 1.29 is 27.5 Å². The van der Waals surface area contributed by atoms with E-state index in [9.17, 15) is 22.8 Å². The van der Waals surface area contributed by atoms with Crippen LogP contribution in [0.4, 0.5) is 24.0 Å². The van der Waals surface area contributed by atoms with E-state index in [4.69, 9.17) is 0 Å². The van der Waals surface area contributed by atoms with Gasteiger partial charge in [-0.2, -0.15) is 0 Å². The van der Waals surface area contributed by atoms with E-state index in [2.05, 4.69) is 35.2 Å². The van der Waals surface area contributed by atoms with Crippen LogP contribution in [0.3, 0.4) is 0 Å². The van der Waals surface area contributed by atoms with Crippen LogP contribution >= 0.6 is 34.6 Å². The molecule has 0 fully saturated rings. The summed E-state index contributed by atoms with van der Waals surface area (Å²) >= 11 is 3.15. The lowest BCUT2D eigenvalue weighted by atomic mass is 10.3. The molecule has 9 nitrogen and oxygen atoms in total. The first-order valence-electron chi connectivity index (χ1n) is 7.92. The molecular weight excluding hydrogens is 465 g/mol. The summed E-state index contributed by atoms with van der Waals surface area (Å²) in [6, 6.07) is 4.77. The van der Waals surface area contributed by atoms with Gasteiger partial charge in [0.25, 0.3) is 5.91 Å². The second-order valence-corrected chi connectivity index (χ2v) is 8.38. The zero-order valence-electron chi connectivity index (χ0n) is 14.9. The van der Waals surface area contributed by atoms with E-state index in [1.54, 1.807) is 6.92 Å². The van der Waals surface area contributed by atoms with Crippen molar-refractivity contribution >= 4 is 57.3 Å². The van der Waals surface area contributed by atoms with E-state index in [-0.39, 0.29) is 16.6 Å². The Labute approximate surface area is 179 Å². The molecule has 2 amide bonds. The highest BCUT2D eigenvalue weighted by Crippen LogP contribution is 2.27. The number of aryl methyl sites for hydroxylation is 1. The minimum Gasteiger partial charge on any atom is -0.406 e. The predicted molar refractivity (Wildman–Crippen MR) is 105 cm³/mol. The van der Waals surface area contributed by atoms with Gasteiger partial charge in [0.1, 0.15) is 10.6 Å². The van der Waals surface area contributed by atoms with Crippen LogP contribution in [-0.2, 0) is 4.79 Å². The summed E-state index contributed by atoms with van der Waals surface area (Å²) in [5.74, 6) is -1.19. The van der Waals surface area contributed by atoms with Crippen LogP contribution in [0.2, 0.25) is 0 Å². The maximum atomic E-state index is 12.1. The number of aromatic nitrogens is 4. The fourth-order valence-electron chi connectivity index (χ4n) is 1.98. The van der Waals surface area contributed by atoms with Gasteiger partial charge in [0.15, 0.2) is 4.34 Å². The standard InChI is InChI=1S/C15H11F3N6O3S3/c1-7-11(30-24-21-7)12(26)20-13-22-23-14(29-13)28-6-10(25)19-8-2-4-9(5-3-8)27-15(16,17)18/h2-5H,6H2,1H3,(H,19,25)(H,20,22,26). The number of ether oxygens (including phenoxy) is 1. The molecule has 0 unspecified atom stereocenters. The van der Waals surface area contributed by atoms with Gasteiger partial charge in [-0.25, -0.2) is 0 Å². The summed E-state index contributed by atoms with van der Waals surface area (Å²) in [7, 11) is 0. The van der Waals surface area contributed by atoms with Gasteiger partial charge in [0, 0.05) is 5.69 Å². The molecule has 0 spiro atoms. The van der Waals surface area contributed by atoms with E-state index in [0.29, 0.717) is 20.6 Å². The Kier molecular flexibility index (Phi) is 6.84. The second kappa shape index (κ2) is 9.36. The summed E-state index contributed by atoms with van der Waals surface area (Å²) in [5, 5.41) is 16.9. The average Bonchev–Trinajstić information content (AvgIpc) is 3.29. The first-order chi connectivity index (χ1) is 14.2. The van der Waals surface area contributed by atoms with Gasteiger partial charge in [0.2, 0.25) is 11.0 Å². The molecule has 1 aromatic carbocycles. The van der Waals surface area contributed by atoms with Crippen molar-refractivity contribution in [3.05, 3.63) is 34.8 Å².